The highest BCUT2D eigenvalue weighted by Crippen LogP contribution is 2.24. The van der Waals surface area contributed by atoms with Crippen molar-refractivity contribution in [3.63, 3.8) is 0 Å². The lowest BCUT2D eigenvalue weighted by atomic mass is 10.2. The van der Waals surface area contributed by atoms with E-state index in [-0.39, 0.29) is 22.7 Å². The van der Waals surface area contributed by atoms with Crippen LogP contribution in [-0.2, 0) is 6.42 Å². The van der Waals surface area contributed by atoms with E-state index in [0.29, 0.717) is 17.5 Å². The van der Waals surface area contributed by atoms with Gasteiger partial charge in [-0.15, -0.1) is 27.2 Å². The number of hydrogen-bond acceptors (Lipinski definition) is 5. The third kappa shape index (κ3) is 5.22. The van der Waals surface area contributed by atoms with E-state index >= 15 is 0 Å². The Hall–Kier alpha value is -1.57. The largest absolute Gasteiger partial charge is 0.507 e. The minimum absolute atomic E-state index is 0. The van der Waals surface area contributed by atoms with Crippen LogP contribution in [0.1, 0.15) is 17.0 Å². The number of nitrogens with zero attached hydrogens (tertiary/aromatic N) is 2. The highest BCUT2D eigenvalue weighted by Gasteiger charge is 2.07. The second kappa shape index (κ2) is 9.05. The first-order chi connectivity index (χ1) is 11.2. The van der Waals surface area contributed by atoms with Crippen LogP contribution >= 0.6 is 44.7 Å². The van der Waals surface area contributed by atoms with Gasteiger partial charge in [0.2, 0.25) is 5.89 Å². The lowest BCUT2D eigenvalue weighted by Crippen LogP contribution is -1.87. The van der Waals surface area contributed by atoms with E-state index in [1.165, 1.54) is 11.8 Å². The Labute approximate surface area is 162 Å². The minimum Gasteiger partial charge on any atom is -0.507 e. The Balaban J connectivity index is 0.00000208. The molecule has 0 saturated heterocycles. The molecule has 0 amide bonds. The van der Waals surface area contributed by atoms with Crippen LogP contribution in [0.15, 0.2) is 74.1 Å². The molecule has 3 rings (SSSR count). The quantitative estimate of drug-likeness (QED) is 0.386. The van der Waals surface area contributed by atoms with Gasteiger partial charge < -0.3 is 9.52 Å². The first-order valence-electron chi connectivity index (χ1n) is 6.89. The molecule has 124 valence electrons. The van der Waals surface area contributed by atoms with Crippen molar-refractivity contribution in [3.8, 4) is 0 Å². The molecule has 0 atom stereocenters. The van der Waals surface area contributed by atoms with Gasteiger partial charge in [0.05, 0.1) is 6.42 Å². The van der Waals surface area contributed by atoms with E-state index in [1.54, 1.807) is 5.41 Å². The van der Waals surface area contributed by atoms with Crippen molar-refractivity contribution in [2.45, 2.75) is 11.6 Å². The smallest absolute Gasteiger partial charge is 0.281 e. The van der Waals surface area contributed by atoms with E-state index in [1.807, 2.05) is 54.6 Å². The summed E-state index contributed by atoms with van der Waals surface area (Å²) in [5.41, 5.74) is 1.84. The molecule has 0 unspecified atom stereocenters. The van der Waals surface area contributed by atoms with Crippen molar-refractivity contribution in [1.29, 1.82) is 0 Å². The molecule has 0 saturated carbocycles. The molecule has 0 aliphatic rings. The van der Waals surface area contributed by atoms with Gasteiger partial charge in [-0.25, -0.2) is 0 Å². The second-order valence-corrected chi connectivity index (χ2v) is 6.49. The first-order valence-corrected chi connectivity index (χ1v) is 8.56. The van der Waals surface area contributed by atoms with Crippen LogP contribution in [0.4, 0.5) is 0 Å². The van der Waals surface area contributed by atoms with Crippen LogP contribution in [0.2, 0.25) is 0 Å². The number of benzene rings is 2. The van der Waals surface area contributed by atoms with Gasteiger partial charge in [0, 0.05) is 15.4 Å². The van der Waals surface area contributed by atoms with E-state index in [4.69, 9.17) is 4.42 Å². The molecule has 1 heterocycles. The van der Waals surface area contributed by atoms with Gasteiger partial charge in [-0.1, -0.05) is 58.4 Å². The molecule has 0 radical (unpaired) electrons. The molecule has 24 heavy (non-hydrogen) atoms. The van der Waals surface area contributed by atoms with Crippen LogP contribution in [-0.4, -0.2) is 15.3 Å². The van der Waals surface area contributed by atoms with Gasteiger partial charge in [-0.2, -0.15) is 0 Å². The molecular weight excluding hydrogens is 456 g/mol. The Morgan fingerprint density at radius 3 is 2.50 bits per heavy atom. The Bertz CT molecular complexity index is 805. The van der Waals surface area contributed by atoms with Crippen molar-refractivity contribution >= 4 is 50.4 Å². The van der Waals surface area contributed by atoms with Gasteiger partial charge in [-0.05, 0) is 29.5 Å². The van der Waals surface area contributed by atoms with Crippen molar-refractivity contribution in [2.24, 2.45) is 0 Å². The predicted molar refractivity (Wildman–Crippen MR) is 104 cm³/mol. The fourth-order valence-corrected chi connectivity index (χ4v) is 2.77. The molecule has 3 aromatic rings. The minimum atomic E-state index is 0. The summed E-state index contributed by atoms with van der Waals surface area (Å²) in [6, 6.07) is 17.3. The Morgan fingerprint density at radius 1 is 1.08 bits per heavy atom. The summed E-state index contributed by atoms with van der Waals surface area (Å²) >= 11 is 4.56. The average molecular weight is 470 g/mol. The summed E-state index contributed by atoms with van der Waals surface area (Å²) in [4.78, 5) is 0. The van der Waals surface area contributed by atoms with Crippen LogP contribution in [0.3, 0.4) is 0 Å². The average Bonchev–Trinajstić information content (AvgIpc) is 3.02. The Morgan fingerprint density at radius 2 is 1.79 bits per heavy atom. The van der Waals surface area contributed by atoms with Crippen molar-refractivity contribution in [3.05, 3.63) is 81.5 Å². The Kier molecular flexibility index (Phi) is 7.08. The molecular formula is C17H14Br2N2O2S. The highest BCUT2D eigenvalue weighted by molar-refractivity contribution is 9.10. The lowest BCUT2D eigenvalue weighted by molar-refractivity contribution is 0.421. The zero-order valence-electron chi connectivity index (χ0n) is 12.4. The van der Waals surface area contributed by atoms with Gasteiger partial charge in [-0.3, -0.25) is 0 Å². The second-order valence-electron chi connectivity index (χ2n) is 4.75. The van der Waals surface area contributed by atoms with Crippen molar-refractivity contribution < 1.29 is 9.52 Å². The number of aromatic nitrogens is 2. The standard InChI is InChI=1S/C17H13BrN2O2S.BrH/c18-14-8-6-13(7-9-14)15(21)11-23-17-20-19-16(22-17)10-12-4-2-1-3-5-12;/h1-9,11,21H,10H2;1H. The van der Waals surface area contributed by atoms with Gasteiger partial charge in [0.25, 0.3) is 5.22 Å². The zero-order valence-corrected chi connectivity index (χ0v) is 16.5. The predicted octanol–water partition coefficient (Wildman–Crippen LogP) is 5.65. The third-order valence-electron chi connectivity index (χ3n) is 3.06. The van der Waals surface area contributed by atoms with Crippen LogP contribution in [0, 0.1) is 0 Å². The summed E-state index contributed by atoms with van der Waals surface area (Å²) in [5.74, 6) is 0.709. The normalized spacial score (nSPS) is 11.1. The highest BCUT2D eigenvalue weighted by atomic mass is 79.9. The number of aliphatic hydroxyl groups is 1. The number of halogens is 2. The fourth-order valence-electron chi connectivity index (χ4n) is 1.92. The summed E-state index contributed by atoms with van der Waals surface area (Å²) in [6.07, 6.45) is 0.594. The number of thioether (sulfide) groups is 1. The zero-order chi connectivity index (χ0) is 16.1. The maximum absolute atomic E-state index is 10.0. The third-order valence-corrected chi connectivity index (χ3v) is 4.29. The molecule has 0 aliphatic carbocycles. The van der Waals surface area contributed by atoms with Crippen molar-refractivity contribution in [1.82, 2.24) is 10.2 Å². The molecule has 0 aliphatic heterocycles. The van der Waals surface area contributed by atoms with Gasteiger partial charge in [0.1, 0.15) is 5.76 Å². The van der Waals surface area contributed by atoms with E-state index < -0.39 is 0 Å². The first kappa shape index (κ1) is 18.8. The maximum atomic E-state index is 10.0. The molecule has 7 heteroatoms. The number of aliphatic hydroxyl groups excluding tert-OH is 1. The molecule has 0 spiro atoms. The van der Waals surface area contributed by atoms with Crippen LogP contribution < -0.4 is 0 Å². The lowest BCUT2D eigenvalue weighted by Gasteiger charge is -1.99. The molecule has 2 aromatic carbocycles. The fraction of sp³-hybridized carbons (Fsp3) is 0.0588. The monoisotopic (exact) mass is 468 g/mol. The molecule has 1 N–H and O–H groups in total. The topological polar surface area (TPSA) is 59.2 Å². The summed E-state index contributed by atoms with van der Waals surface area (Å²) < 4.78 is 6.53. The number of hydrogen-bond donors (Lipinski definition) is 1. The summed E-state index contributed by atoms with van der Waals surface area (Å²) in [6.45, 7) is 0. The van der Waals surface area contributed by atoms with Crippen LogP contribution in [0.25, 0.3) is 5.76 Å². The van der Waals surface area contributed by atoms with Gasteiger partial charge >= 0.3 is 0 Å². The maximum Gasteiger partial charge on any atom is 0.281 e. The van der Waals surface area contributed by atoms with E-state index in [9.17, 15) is 5.11 Å². The molecule has 0 fully saturated rings. The van der Waals surface area contributed by atoms with Crippen molar-refractivity contribution in [2.75, 3.05) is 0 Å². The molecule has 0 bridgehead atoms. The van der Waals surface area contributed by atoms with E-state index in [0.717, 1.165) is 15.6 Å². The summed E-state index contributed by atoms with van der Waals surface area (Å²) in [5, 5.41) is 20.0. The SMILES string of the molecule is Br.OC(=CSc1nnc(Cc2ccccc2)o1)c1ccc(Br)cc1. The van der Waals surface area contributed by atoms with Crippen LogP contribution in [0.5, 0.6) is 0 Å². The molecule has 4 nitrogen and oxygen atoms in total. The van der Waals surface area contributed by atoms with Gasteiger partial charge in [0.15, 0.2) is 0 Å². The summed E-state index contributed by atoms with van der Waals surface area (Å²) in [7, 11) is 0. The number of rotatable bonds is 5. The van der Waals surface area contributed by atoms with E-state index in [2.05, 4.69) is 26.1 Å². The molecule has 1 aromatic heterocycles.